The molecular weight excluding hydrogens is 438 g/mol. The van der Waals surface area contributed by atoms with Gasteiger partial charge in [-0.25, -0.2) is 13.1 Å². The lowest BCUT2D eigenvalue weighted by atomic mass is 10.0. The lowest BCUT2D eigenvalue weighted by Crippen LogP contribution is -2.43. The number of nitrogens with zero attached hydrogens (tertiary/aromatic N) is 1. The molecule has 8 heteroatoms. The summed E-state index contributed by atoms with van der Waals surface area (Å²) in [5.74, 6) is -0.279. The van der Waals surface area contributed by atoms with Crippen LogP contribution in [0.1, 0.15) is 53.2 Å². The summed E-state index contributed by atoms with van der Waals surface area (Å²) in [6.07, 6.45) is 3.81. The lowest BCUT2D eigenvalue weighted by Gasteiger charge is -2.35. The number of ether oxygens (including phenoxy) is 1. The monoisotopic (exact) mass is 471 g/mol. The Bertz CT molecular complexity index is 1040. The van der Waals surface area contributed by atoms with Gasteiger partial charge in [0.15, 0.2) is 0 Å². The number of sulfonamides is 1. The molecule has 2 fully saturated rings. The van der Waals surface area contributed by atoms with E-state index in [-0.39, 0.29) is 22.9 Å². The smallest absolute Gasteiger partial charge is 0.251 e. The van der Waals surface area contributed by atoms with Crippen molar-refractivity contribution in [3.63, 3.8) is 0 Å². The molecule has 1 unspecified atom stereocenters. The molecule has 1 atom stereocenters. The summed E-state index contributed by atoms with van der Waals surface area (Å²) in [6, 6.07) is 14.6. The molecule has 0 aromatic heterocycles. The van der Waals surface area contributed by atoms with E-state index in [0.29, 0.717) is 25.3 Å². The normalized spacial score (nSPS) is 18.8. The molecule has 2 aromatic carbocycles. The van der Waals surface area contributed by atoms with E-state index in [1.807, 2.05) is 0 Å². The van der Waals surface area contributed by atoms with Crippen molar-refractivity contribution in [2.75, 3.05) is 32.8 Å². The van der Waals surface area contributed by atoms with Crippen molar-refractivity contribution in [2.45, 2.75) is 49.6 Å². The number of carbonyl (C=O) groups is 1. The number of carbonyl (C=O) groups excluding carboxylic acids is 1. The van der Waals surface area contributed by atoms with Crippen LogP contribution in [0.5, 0.6) is 0 Å². The average Bonchev–Trinajstić information content (AvgIpc) is 3.33. The number of aryl methyl sites for hydroxylation is 1. The van der Waals surface area contributed by atoms with Gasteiger partial charge in [-0.05, 0) is 43.5 Å². The number of amides is 1. The first kappa shape index (κ1) is 23.9. The summed E-state index contributed by atoms with van der Waals surface area (Å²) in [5, 5.41) is 3.02. The van der Waals surface area contributed by atoms with E-state index < -0.39 is 10.0 Å². The Balaban J connectivity index is 1.46. The molecule has 1 heterocycles. The second-order valence-electron chi connectivity index (χ2n) is 8.92. The van der Waals surface area contributed by atoms with E-state index in [0.717, 1.165) is 44.3 Å². The van der Waals surface area contributed by atoms with Crippen LogP contribution in [0.2, 0.25) is 0 Å². The molecule has 2 N–H and O–H groups in total. The summed E-state index contributed by atoms with van der Waals surface area (Å²) in [4.78, 5) is 15.4. The Hall–Kier alpha value is -2.26. The molecule has 2 aromatic rings. The van der Waals surface area contributed by atoms with Gasteiger partial charge < -0.3 is 10.1 Å². The van der Waals surface area contributed by atoms with Crippen LogP contribution in [0.4, 0.5) is 0 Å². The maximum atomic E-state index is 13.0. The predicted molar refractivity (Wildman–Crippen MR) is 128 cm³/mol. The lowest BCUT2D eigenvalue weighted by molar-refractivity contribution is 0.0162. The number of nitrogens with one attached hydrogen (secondary N) is 2. The van der Waals surface area contributed by atoms with E-state index in [1.165, 1.54) is 17.7 Å². The third kappa shape index (κ3) is 6.20. The van der Waals surface area contributed by atoms with E-state index >= 15 is 0 Å². The SMILES string of the molecule is Cc1ccc(C(CNC(=O)c2cccc(S(=O)(=O)NC3CCCC3)c2)N2CCOCC2)cc1. The van der Waals surface area contributed by atoms with Gasteiger partial charge in [-0.1, -0.05) is 48.7 Å². The van der Waals surface area contributed by atoms with Gasteiger partial charge in [0.1, 0.15) is 0 Å². The number of benzene rings is 2. The van der Waals surface area contributed by atoms with Crippen LogP contribution in [0.3, 0.4) is 0 Å². The standard InChI is InChI=1S/C25H33N3O4S/c1-19-9-11-20(12-10-19)24(28-13-15-32-16-14-28)18-26-25(29)21-5-4-8-23(17-21)33(30,31)27-22-6-2-3-7-22/h4-5,8-12,17,22,24,27H,2-3,6-7,13-16,18H2,1H3,(H,26,29). The molecule has 1 saturated heterocycles. The maximum Gasteiger partial charge on any atom is 0.251 e. The fraction of sp³-hybridized carbons (Fsp3) is 0.480. The zero-order chi connectivity index (χ0) is 23.3. The second-order valence-corrected chi connectivity index (χ2v) is 10.6. The topological polar surface area (TPSA) is 87.7 Å². The molecule has 0 bridgehead atoms. The van der Waals surface area contributed by atoms with Crippen molar-refractivity contribution in [3.05, 3.63) is 65.2 Å². The van der Waals surface area contributed by atoms with Gasteiger partial charge in [0.05, 0.1) is 24.2 Å². The van der Waals surface area contributed by atoms with E-state index in [9.17, 15) is 13.2 Å². The third-order valence-electron chi connectivity index (χ3n) is 6.49. The first-order chi connectivity index (χ1) is 15.9. The molecule has 178 valence electrons. The van der Waals surface area contributed by atoms with Gasteiger partial charge in [-0.3, -0.25) is 9.69 Å². The Kier molecular flexibility index (Phi) is 7.80. The zero-order valence-corrected chi connectivity index (χ0v) is 19.9. The van der Waals surface area contributed by atoms with Crippen LogP contribution >= 0.6 is 0 Å². The van der Waals surface area contributed by atoms with E-state index in [4.69, 9.17) is 4.74 Å². The molecule has 1 saturated carbocycles. The fourth-order valence-corrected chi connectivity index (χ4v) is 5.91. The molecule has 4 rings (SSSR count). The Labute approximate surface area is 196 Å². The highest BCUT2D eigenvalue weighted by Gasteiger charge is 2.25. The summed E-state index contributed by atoms with van der Waals surface area (Å²) in [5.41, 5.74) is 2.67. The molecular formula is C25H33N3O4S. The van der Waals surface area contributed by atoms with Gasteiger partial charge in [0.2, 0.25) is 10.0 Å². The van der Waals surface area contributed by atoms with Crippen LogP contribution in [0.15, 0.2) is 53.4 Å². The minimum atomic E-state index is -3.65. The fourth-order valence-electron chi connectivity index (χ4n) is 4.56. The Morgan fingerprint density at radius 3 is 2.48 bits per heavy atom. The molecule has 1 amide bonds. The van der Waals surface area contributed by atoms with Crippen LogP contribution in [-0.2, 0) is 14.8 Å². The summed E-state index contributed by atoms with van der Waals surface area (Å²) < 4.78 is 33.9. The van der Waals surface area contributed by atoms with Gasteiger partial charge >= 0.3 is 0 Å². The van der Waals surface area contributed by atoms with Crippen molar-refractivity contribution in [3.8, 4) is 0 Å². The van der Waals surface area contributed by atoms with Gasteiger partial charge in [0.25, 0.3) is 5.91 Å². The van der Waals surface area contributed by atoms with Crippen LogP contribution in [0, 0.1) is 6.92 Å². The molecule has 0 radical (unpaired) electrons. The molecule has 7 nitrogen and oxygen atoms in total. The van der Waals surface area contributed by atoms with Crippen molar-refractivity contribution < 1.29 is 17.9 Å². The van der Waals surface area contributed by atoms with Crippen molar-refractivity contribution >= 4 is 15.9 Å². The number of hydrogen-bond acceptors (Lipinski definition) is 5. The Morgan fingerprint density at radius 2 is 1.79 bits per heavy atom. The average molecular weight is 472 g/mol. The van der Waals surface area contributed by atoms with Crippen LogP contribution in [0.25, 0.3) is 0 Å². The first-order valence-corrected chi connectivity index (χ1v) is 13.2. The molecule has 2 aliphatic rings. The predicted octanol–water partition coefficient (Wildman–Crippen LogP) is 3.02. The summed E-state index contributed by atoms with van der Waals surface area (Å²) >= 11 is 0. The van der Waals surface area contributed by atoms with Gasteiger partial charge in [0, 0.05) is 31.2 Å². The first-order valence-electron chi connectivity index (χ1n) is 11.7. The summed E-state index contributed by atoms with van der Waals surface area (Å²) in [7, 11) is -3.65. The number of rotatable bonds is 8. The van der Waals surface area contributed by atoms with Crippen LogP contribution < -0.4 is 10.0 Å². The third-order valence-corrected chi connectivity index (χ3v) is 8.01. The molecule has 33 heavy (non-hydrogen) atoms. The highest BCUT2D eigenvalue weighted by Crippen LogP contribution is 2.23. The van der Waals surface area contributed by atoms with Gasteiger partial charge in [-0.2, -0.15) is 0 Å². The number of hydrogen-bond donors (Lipinski definition) is 2. The maximum absolute atomic E-state index is 13.0. The second kappa shape index (κ2) is 10.8. The molecule has 0 spiro atoms. The largest absolute Gasteiger partial charge is 0.379 e. The van der Waals surface area contributed by atoms with E-state index in [2.05, 4.69) is 46.1 Å². The van der Waals surface area contributed by atoms with Crippen molar-refractivity contribution in [1.29, 1.82) is 0 Å². The van der Waals surface area contributed by atoms with Gasteiger partial charge in [-0.15, -0.1) is 0 Å². The molecule has 1 aliphatic carbocycles. The van der Waals surface area contributed by atoms with Crippen LogP contribution in [-0.4, -0.2) is 58.1 Å². The quantitative estimate of drug-likeness (QED) is 0.618. The van der Waals surface area contributed by atoms with Crippen molar-refractivity contribution in [1.82, 2.24) is 14.9 Å². The number of morpholine rings is 1. The van der Waals surface area contributed by atoms with E-state index in [1.54, 1.807) is 12.1 Å². The minimum absolute atomic E-state index is 0.0173. The van der Waals surface area contributed by atoms with Crippen molar-refractivity contribution in [2.24, 2.45) is 0 Å². The minimum Gasteiger partial charge on any atom is -0.379 e. The molecule has 1 aliphatic heterocycles. The highest BCUT2D eigenvalue weighted by molar-refractivity contribution is 7.89. The highest BCUT2D eigenvalue weighted by atomic mass is 32.2. The zero-order valence-electron chi connectivity index (χ0n) is 19.1. The Morgan fingerprint density at radius 1 is 1.09 bits per heavy atom. The summed E-state index contributed by atoms with van der Waals surface area (Å²) in [6.45, 7) is 5.43.